The Balaban J connectivity index is 1.35. The summed E-state index contributed by atoms with van der Waals surface area (Å²) in [5.41, 5.74) is -0.291. The molecule has 2 heterocycles. The maximum absolute atomic E-state index is 11.8. The SMILES string of the molecule is O=C1N[C@@H]2[C@@H](CS[C@@H]2CCCCC(=O)OOC(=O)c2cc(O)c(O)c(O)c2)N1. The molecule has 5 N–H and O–H groups in total. The van der Waals surface area contributed by atoms with Crippen LogP contribution in [0, 0.1) is 0 Å². The van der Waals surface area contributed by atoms with Crippen LogP contribution in [-0.4, -0.2) is 56.4 Å². The summed E-state index contributed by atoms with van der Waals surface area (Å²) in [6.45, 7) is 0. The molecule has 0 radical (unpaired) electrons. The van der Waals surface area contributed by atoms with E-state index in [0.29, 0.717) is 11.7 Å². The van der Waals surface area contributed by atoms with E-state index in [-0.39, 0.29) is 30.1 Å². The van der Waals surface area contributed by atoms with Crippen molar-refractivity contribution in [2.45, 2.75) is 43.0 Å². The molecule has 2 aliphatic heterocycles. The number of hydrogen-bond donors (Lipinski definition) is 5. The number of rotatable bonds is 6. The summed E-state index contributed by atoms with van der Waals surface area (Å²) >= 11 is 1.79. The topological polar surface area (TPSA) is 154 Å². The molecule has 0 saturated carbocycles. The first-order chi connectivity index (χ1) is 13.3. The number of amides is 2. The van der Waals surface area contributed by atoms with Crippen molar-refractivity contribution in [2.24, 2.45) is 0 Å². The lowest BCUT2D eigenvalue weighted by Gasteiger charge is -2.16. The lowest BCUT2D eigenvalue weighted by Crippen LogP contribution is -2.36. The van der Waals surface area contributed by atoms with Crippen LogP contribution in [0.1, 0.15) is 36.0 Å². The van der Waals surface area contributed by atoms with E-state index in [4.69, 9.17) is 0 Å². The number of phenols is 3. The Bertz CT molecular complexity index is 763. The van der Waals surface area contributed by atoms with E-state index in [0.717, 1.165) is 30.7 Å². The third-order valence-electron chi connectivity index (χ3n) is 4.57. The third-order valence-corrected chi connectivity index (χ3v) is 6.08. The number of unbranched alkanes of at least 4 members (excludes halogenated alkanes) is 1. The van der Waals surface area contributed by atoms with Gasteiger partial charge in [0.05, 0.1) is 24.1 Å². The minimum absolute atomic E-state index is 0.0510. The number of urea groups is 1. The normalized spacial score (nSPS) is 22.9. The van der Waals surface area contributed by atoms with Crippen molar-refractivity contribution < 1.29 is 39.5 Å². The third kappa shape index (κ3) is 4.53. The first kappa shape index (κ1) is 19.9. The first-order valence-corrected chi connectivity index (χ1v) is 9.75. The van der Waals surface area contributed by atoms with E-state index < -0.39 is 29.2 Å². The van der Waals surface area contributed by atoms with E-state index in [1.165, 1.54) is 0 Å². The molecule has 0 bridgehead atoms. The van der Waals surface area contributed by atoms with Gasteiger partial charge in [0.15, 0.2) is 17.2 Å². The molecule has 2 fully saturated rings. The molecule has 2 saturated heterocycles. The van der Waals surface area contributed by atoms with Gasteiger partial charge in [-0.2, -0.15) is 11.8 Å². The van der Waals surface area contributed by atoms with Crippen LogP contribution in [0.2, 0.25) is 0 Å². The summed E-state index contributed by atoms with van der Waals surface area (Å²) in [6, 6.07) is 1.87. The lowest BCUT2D eigenvalue weighted by molar-refractivity contribution is -0.234. The van der Waals surface area contributed by atoms with Gasteiger partial charge in [-0.15, -0.1) is 0 Å². The van der Waals surface area contributed by atoms with Gasteiger partial charge >= 0.3 is 18.0 Å². The van der Waals surface area contributed by atoms with Crippen molar-refractivity contribution in [1.29, 1.82) is 0 Å². The van der Waals surface area contributed by atoms with E-state index in [1.54, 1.807) is 11.8 Å². The maximum atomic E-state index is 11.8. The summed E-state index contributed by atoms with van der Waals surface area (Å²) in [4.78, 5) is 43.6. The average Bonchev–Trinajstić information content (AvgIpc) is 3.20. The molecule has 1 aromatic carbocycles. The van der Waals surface area contributed by atoms with Crippen molar-refractivity contribution in [1.82, 2.24) is 10.6 Å². The minimum atomic E-state index is -1.10. The summed E-state index contributed by atoms with van der Waals surface area (Å²) in [7, 11) is 0. The number of hydrogen-bond acceptors (Lipinski definition) is 9. The van der Waals surface area contributed by atoms with Crippen LogP contribution in [0.3, 0.4) is 0 Å². The van der Waals surface area contributed by atoms with Crippen LogP contribution in [-0.2, 0) is 14.6 Å². The van der Waals surface area contributed by atoms with Crippen LogP contribution in [0.25, 0.3) is 0 Å². The molecule has 2 amide bonds. The molecule has 3 rings (SSSR count). The van der Waals surface area contributed by atoms with Crippen molar-refractivity contribution in [2.75, 3.05) is 5.75 Å². The van der Waals surface area contributed by atoms with E-state index >= 15 is 0 Å². The van der Waals surface area contributed by atoms with Gasteiger partial charge < -0.3 is 26.0 Å². The number of benzene rings is 1. The number of carbonyl (C=O) groups is 3. The van der Waals surface area contributed by atoms with E-state index in [1.807, 2.05) is 0 Å². The van der Waals surface area contributed by atoms with Gasteiger partial charge in [-0.1, -0.05) is 6.42 Å². The Morgan fingerprint density at radius 3 is 2.54 bits per heavy atom. The van der Waals surface area contributed by atoms with Gasteiger partial charge in [0.1, 0.15) is 0 Å². The summed E-state index contributed by atoms with van der Waals surface area (Å²) in [6.07, 6.45) is 2.18. The Morgan fingerprint density at radius 1 is 1.11 bits per heavy atom. The molecule has 0 spiro atoms. The van der Waals surface area contributed by atoms with Crippen LogP contribution in [0.5, 0.6) is 17.2 Å². The van der Waals surface area contributed by atoms with Gasteiger partial charge in [0.25, 0.3) is 0 Å². The highest BCUT2D eigenvalue weighted by Gasteiger charge is 2.42. The number of fused-ring (bicyclic) bond motifs is 1. The fourth-order valence-electron chi connectivity index (χ4n) is 3.15. The molecule has 2 aliphatic rings. The van der Waals surface area contributed by atoms with Crippen LogP contribution in [0.4, 0.5) is 4.79 Å². The number of thioether (sulfide) groups is 1. The molecule has 1 aromatic rings. The van der Waals surface area contributed by atoms with Crippen molar-refractivity contribution in [3.63, 3.8) is 0 Å². The maximum Gasteiger partial charge on any atom is 0.386 e. The zero-order valence-electron chi connectivity index (χ0n) is 14.7. The number of aromatic hydroxyl groups is 3. The average molecular weight is 412 g/mol. The number of phenolic OH excluding ortho intramolecular Hbond substituents is 3. The molecule has 0 aromatic heterocycles. The zero-order valence-corrected chi connectivity index (χ0v) is 15.5. The Labute approximate surface area is 164 Å². The zero-order chi connectivity index (χ0) is 20.3. The summed E-state index contributed by atoms with van der Waals surface area (Å²) < 4.78 is 0. The van der Waals surface area contributed by atoms with Crippen LogP contribution < -0.4 is 10.6 Å². The summed E-state index contributed by atoms with van der Waals surface area (Å²) in [5.74, 6) is -3.15. The molecule has 11 heteroatoms. The highest BCUT2D eigenvalue weighted by molar-refractivity contribution is 8.00. The van der Waals surface area contributed by atoms with E-state index in [2.05, 4.69) is 20.4 Å². The monoisotopic (exact) mass is 412 g/mol. The summed E-state index contributed by atoms with van der Waals surface area (Å²) in [5, 5.41) is 34.0. The highest BCUT2D eigenvalue weighted by Crippen LogP contribution is 2.35. The fourth-order valence-corrected chi connectivity index (χ4v) is 4.70. The van der Waals surface area contributed by atoms with Gasteiger partial charge in [-0.25, -0.2) is 24.2 Å². The molecule has 0 unspecified atom stereocenters. The lowest BCUT2D eigenvalue weighted by atomic mass is 10.0. The Morgan fingerprint density at radius 2 is 1.82 bits per heavy atom. The number of nitrogens with one attached hydrogen (secondary N) is 2. The predicted octanol–water partition coefficient (Wildman–Crippen LogP) is 1.14. The van der Waals surface area contributed by atoms with Gasteiger partial charge in [0.2, 0.25) is 0 Å². The fraction of sp³-hybridized carbons (Fsp3) is 0.471. The second kappa shape index (κ2) is 8.46. The smallest absolute Gasteiger partial charge is 0.386 e. The van der Waals surface area contributed by atoms with Crippen LogP contribution >= 0.6 is 11.8 Å². The second-order valence-corrected chi connectivity index (χ2v) is 7.83. The van der Waals surface area contributed by atoms with Crippen molar-refractivity contribution in [3.8, 4) is 17.2 Å². The minimum Gasteiger partial charge on any atom is -0.504 e. The highest BCUT2D eigenvalue weighted by atomic mass is 32.2. The largest absolute Gasteiger partial charge is 0.504 e. The Kier molecular flexibility index (Phi) is 6.02. The van der Waals surface area contributed by atoms with Gasteiger partial charge in [0, 0.05) is 11.0 Å². The molecule has 3 atom stereocenters. The molecular formula is C17H20N2O8S. The molecule has 28 heavy (non-hydrogen) atoms. The number of carbonyl (C=O) groups excluding carboxylic acids is 3. The molecule has 10 nitrogen and oxygen atoms in total. The van der Waals surface area contributed by atoms with E-state index in [9.17, 15) is 29.7 Å². The second-order valence-electron chi connectivity index (χ2n) is 6.56. The van der Waals surface area contributed by atoms with Crippen molar-refractivity contribution >= 4 is 29.7 Å². The van der Waals surface area contributed by atoms with Gasteiger partial charge in [-0.05, 0) is 25.0 Å². The molecule has 0 aliphatic carbocycles. The van der Waals surface area contributed by atoms with Crippen molar-refractivity contribution in [3.05, 3.63) is 17.7 Å². The standard InChI is InChI=1S/C17H20N2O8S/c20-10-5-8(6-11(21)15(10)23)16(24)27-26-13(22)4-2-1-3-12-14-9(7-28-12)18-17(25)19-14/h5-6,9,12,14,20-21,23H,1-4,7H2,(H2,18,19,25)/t9-,12-,14-/m1/s1. The Hall–Kier alpha value is -2.82. The van der Waals surface area contributed by atoms with Crippen LogP contribution in [0.15, 0.2) is 12.1 Å². The molecule has 152 valence electrons. The molecular weight excluding hydrogens is 392 g/mol. The van der Waals surface area contributed by atoms with Gasteiger partial charge in [-0.3, -0.25) is 0 Å². The first-order valence-electron chi connectivity index (χ1n) is 8.70. The predicted molar refractivity (Wildman–Crippen MR) is 96.9 cm³/mol. The quantitative estimate of drug-likeness (QED) is 0.152.